The van der Waals surface area contributed by atoms with Gasteiger partial charge in [-0.2, -0.15) is 4.31 Å². The van der Waals surface area contributed by atoms with E-state index in [0.717, 1.165) is 5.56 Å². The van der Waals surface area contributed by atoms with Crippen LogP contribution in [0.3, 0.4) is 0 Å². The minimum Gasteiger partial charge on any atom is -0.348 e. The first kappa shape index (κ1) is 19.8. The van der Waals surface area contributed by atoms with Gasteiger partial charge >= 0.3 is 0 Å². The Balaban J connectivity index is 1.76. The molecule has 2 aromatic rings. The van der Waals surface area contributed by atoms with Gasteiger partial charge in [-0.25, -0.2) is 12.8 Å². The van der Waals surface area contributed by atoms with Crippen molar-refractivity contribution in [3.05, 3.63) is 64.9 Å². The zero-order valence-corrected chi connectivity index (χ0v) is 16.3. The first-order chi connectivity index (χ1) is 12.8. The van der Waals surface area contributed by atoms with Crippen LogP contribution in [0.4, 0.5) is 4.39 Å². The number of halogens is 2. The summed E-state index contributed by atoms with van der Waals surface area (Å²) in [5, 5.41) is 3.27. The molecule has 0 spiro atoms. The summed E-state index contributed by atoms with van der Waals surface area (Å²) in [5.41, 5.74) is 0.745. The molecule has 1 fully saturated rings. The van der Waals surface area contributed by atoms with E-state index in [1.165, 1.54) is 40.7 Å². The number of carbonyl (C=O) groups is 1. The summed E-state index contributed by atoms with van der Waals surface area (Å²) in [4.78, 5) is 12.8. The van der Waals surface area contributed by atoms with E-state index in [1.807, 2.05) is 0 Å². The number of rotatable bonds is 5. The van der Waals surface area contributed by atoms with E-state index >= 15 is 0 Å². The molecule has 0 aromatic heterocycles. The zero-order chi connectivity index (χ0) is 19.6. The topological polar surface area (TPSA) is 66.5 Å². The second-order valence-corrected chi connectivity index (χ2v) is 8.84. The molecule has 0 saturated carbocycles. The van der Waals surface area contributed by atoms with E-state index in [2.05, 4.69) is 5.32 Å². The number of sulfonamides is 1. The van der Waals surface area contributed by atoms with Gasteiger partial charge < -0.3 is 5.32 Å². The quantitative estimate of drug-likeness (QED) is 0.820. The van der Waals surface area contributed by atoms with Crippen LogP contribution in [-0.2, 0) is 14.8 Å². The van der Waals surface area contributed by atoms with Crippen molar-refractivity contribution in [3.63, 3.8) is 0 Å². The summed E-state index contributed by atoms with van der Waals surface area (Å²) in [6.45, 7) is 2.06. The summed E-state index contributed by atoms with van der Waals surface area (Å²) in [6, 6.07) is 10.6. The zero-order valence-electron chi connectivity index (χ0n) is 14.7. The molecule has 1 N–H and O–H groups in total. The number of amides is 1. The lowest BCUT2D eigenvalue weighted by Gasteiger charge is -2.25. The molecule has 5 nitrogen and oxygen atoms in total. The predicted molar refractivity (Wildman–Crippen MR) is 101 cm³/mol. The molecule has 3 rings (SSSR count). The highest BCUT2D eigenvalue weighted by Crippen LogP contribution is 2.27. The third-order valence-electron chi connectivity index (χ3n) is 4.66. The maximum atomic E-state index is 13.1. The standard InChI is InChI=1S/C19H20ClFN2O3S/c1-13(14-4-8-16(21)9-5-14)22-19(24)18-3-2-12-23(18)27(25,26)17-10-6-15(20)7-11-17/h4-11,13,18H,2-3,12H2,1H3,(H,22,24)/t13-,18-/m0/s1. The monoisotopic (exact) mass is 410 g/mol. The number of nitrogens with one attached hydrogen (secondary N) is 1. The lowest BCUT2D eigenvalue weighted by Crippen LogP contribution is -2.46. The number of carbonyl (C=O) groups excluding carboxylic acids is 1. The molecule has 27 heavy (non-hydrogen) atoms. The molecule has 0 radical (unpaired) electrons. The Bertz CT molecular complexity index is 917. The van der Waals surface area contributed by atoms with Gasteiger partial charge in [0.2, 0.25) is 15.9 Å². The van der Waals surface area contributed by atoms with Crippen LogP contribution in [0, 0.1) is 5.82 Å². The second-order valence-electron chi connectivity index (χ2n) is 6.51. The molecule has 1 aliphatic rings. The van der Waals surface area contributed by atoms with Gasteiger partial charge in [0, 0.05) is 11.6 Å². The fourth-order valence-electron chi connectivity index (χ4n) is 3.18. The van der Waals surface area contributed by atoms with Crippen LogP contribution in [0.2, 0.25) is 5.02 Å². The normalized spacial score (nSPS) is 19.0. The van der Waals surface area contributed by atoms with Crippen molar-refractivity contribution >= 4 is 27.5 Å². The number of hydrogen-bond donors (Lipinski definition) is 1. The number of benzene rings is 2. The van der Waals surface area contributed by atoms with Crippen molar-refractivity contribution in [2.75, 3.05) is 6.54 Å². The SMILES string of the molecule is C[C@H](NC(=O)[C@@H]1CCCN1S(=O)(=O)c1ccc(Cl)cc1)c1ccc(F)cc1. The molecule has 2 aromatic carbocycles. The van der Waals surface area contributed by atoms with E-state index in [4.69, 9.17) is 11.6 Å². The smallest absolute Gasteiger partial charge is 0.243 e. The molecule has 0 unspecified atom stereocenters. The summed E-state index contributed by atoms with van der Waals surface area (Å²) in [7, 11) is -3.79. The van der Waals surface area contributed by atoms with E-state index < -0.39 is 16.1 Å². The highest BCUT2D eigenvalue weighted by molar-refractivity contribution is 7.89. The van der Waals surface area contributed by atoms with Crippen LogP contribution in [0.5, 0.6) is 0 Å². The third kappa shape index (κ3) is 4.31. The Kier molecular flexibility index (Phi) is 5.83. The van der Waals surface area contributed by atoms with Crippen molar-refractivity contribution in [1.29, 1.82) is 0 Å². The number of nitrogens with zero attached hydrogens (tertiary/aromatic N) is 1. The molecule has 1 saturated heterocycles. The molecule has 1 amide bonds. The fraction of sp³-hybridized carbons (Fsp3) is 0.316. The van der Waals surface area contributed by atoms with Gasteiger partial charge in [-0.05, 0) is 61.7 Å². The van der Waals surface area contributed by atoms with Crippen LogP contribution in [0.15, 0.2) is 53.4 Å². The van der Waals surface area contributed by atoms with Gasteiger partial charge in [0.25, 0.3) is 0 Å². The third-order valence-corrected chi connectivity index (χ3v) is 6.83. The second kappa shape index (κ2) is 7.96. The van der Waals surface area contributed by atoms with Crippen LogP contribution >= 0.6 is 11.6 Å². The van der Waals surface area contributed by atoms with Gasteiger partial charge in [-0.3, -0.25) is 4.79 Å². The van der Waals surface area contributed by atoms with Crippen molar-refractivity contribution in [2.24, 2.45) is 0 Å². The maximum Gasteiger partial charge on any atom is 0.243 e. The molecule has 1 aliphatic heterocycles. The van der Waals surface area contributed by atoms with Crippen molar-refractivity contribution in [3.8, 4) is 0 Å². The lowest BCUT2D eigenvalue weighted by molar-refractivity contribution is -0.124. The Labute approximate surface area is 163 Å². The molecule has 2 atom stereocenters. The van der Waals surface area contributed by atoms with E-state index in [9.17, 15) is 17.6 Å². The van der Waals surface area contributed by atoms with Crippen LogP contribution in [0.25, 0.3) is 0 Å². The molecule has 8 heteroatoms. The van der Waals surface area contributed by atoms with Crippen molar-refractivity contribution in [1.82, 2.24) is 9.62 Å². The van der Waals surface area contributed by atoms with Crippen molar-refractivity contribution in [2.45, 2.75) is 36.7 Å². The molecule has 1 heterocycles. The van der Waals surface area contributed by atoms with Gasteiger partial charge in [0.1, 0.15) is 11.9 Å². The van der Waals surface area contributed by atoms with E-state index in [1.54, 1.807) is 19.1 Å². The van der Waals surface area contributed by atoms with Crippen molar-refractivity contribution < 1.29 is 17.6 Å². The molecular formula is C19H20ClFN2O3S. The van der Waals surface area contributed by atoms with Gasteiger partial charge in [-0.1, -0.05) is 23.7 Å². The average molecular weight is 411 g/mol. The first-order valence-electron chi connectivity index (χ1n) is 8.62. The summed E-state index contributed by atoms with van der Waals surface area (Å²) >= 11 is 5.83. The van der Waals surface area contributed by atoms with Gasteiger partial charge in [0.15, 0.2) is 0 Å². The highest BCUT2D eigenvalue weighted by Gasteiger charge is 2.39. The minimum absolute atomic E-state index is 0.109. The van der Waals surface area contributed by atoms with E-state index in [0.29, 0.717) is 17.9 Å². The summed E-state index contributed by atoms with van der Waals surface area (Å²) in [6.07, 6.45) is 1.06. The molecule has 144 valence electrons. The Hall–Kier alpha value is -1.96. The Morgan fingerprint density at radius 3 is 2.44 bits per heavy atom. The first-order valence-corrected chi connectivity index (χ1v) is 10.4. The lowest BCUT2D eigenvalue weighted by atomic mass is 10.1. The summed E-state index contributed by atoms with van der Waals surface area (Å²) in [5.74, 6) is -0.713. The van der Waals surface area contributed by atoms with Gasteiger partial charge in [-0.15, -0.1) is 0 Å². The largest absolute Gasteiger partial charge is 0.348 e. The summed E-state index contributed by atoms with van der Waals surface area (Å²) < 4.78 is 40.1. The number of hydrogen-bond acceptors (Lipinski definition) is 3. The molecule has 0 bridgehead atoms. The molecule has 0 aliphatic carbocycles. The Morgan fingerprint density at radius 1 is 1.19 bits per heavy atom. The molecular weight excluding hydrogens is 391 g/mol. The fourth-order valence-corrected chi connectivity index (χ4v) is 4.96. The Morgan fingerprint density at radius 2 is 1.81 bits per heavy atom. The van der Waals surface area contributed by atoms with E-state index in [-0.39, 0.29) is 29.2 Å². The maximum absolute atomic E-state index is 13.1. The minimum atomic E-state index is -3.79. The predicted octanol–water partition coefficient (Wildman–Crippen LogP) is 3.51. The highest BCUT2D eigenvalue weighted by atomic mass is 35.5. The average Bonchev–Trinajstić information content (AvgIpc) is 3.13. The van der Waals surface area contributed by atoms with Crippen LogP contribution < -0.4 is 5.32 Å². The van der Waals surface area contributed by atoms with Gasteiger partial charge in [0.05, 0.1) is 10.9 Å². The van der Waals surface area contributed by atoms with Crippen LogP contribution in [-0.4, -0.2) is 31.2 Å². The van der Waals surface area contributed by atoms with Crippen LogP contribution in [0.1, 0.15) is 31.4 Å².